The first-order chi connectivity index (χ1) is 13.0. The summed E-state index contributed by atoms with van der Waals surface area (Å²) in [6.07, 6.45) is 0.756. The van der Waals surface area contributed by atoms with E-state index in [-0.39, 0.29) is 47.0 Å². The average Bonchev–Trinajstić information content (AvgIpc) is 3.41. The molecule has 138 valence electrons. The fourth-order valence-corrected chi connectivity index (χ4v) is 3.93. The Balaban J connectivity index is 1.33. The number of nitrogens with one attached hydrogen (secondary N) is 1. The van der Waals surface area contributed by atoms with Gasteiger partial charge in [-0.15, -0.1) is 0 Å². The van der Waals surface area contributed by atoms with Crippen LogP contribution in [0.25, 0.3) is 0 Å². The lowest BCUT2D eigenvalue weighted by molar-refractivity contribution is -0.125. The van der Waals surface area contributed by atoms with Crippen molar-refractivity contribution in [3.63, 3.8) is 0 Å². The number of anilines is 1. The molecule has 1 N–H and O–H groups in total. The number of hydrogen-bond donors (Lipinski definition) is 1. The zero-order chi connectivity index (χ0) is 19.0. The van der Waals surface area contributed by atoms with Crippen LogP contribution in [-0.2, 0) is 16.1 Å². The topological polar surface area (TPSA) is 66.5 Å². The largest absolute Gasteiger partial charge is 0.326 e. The summed E-state index contributed by atoms with van der Waals surface area (Å²) in [5, 5.41) is 2.66. The Morgan fingerprint density at radius 2 is 1.81 bits per heavy atom. The van der Waals surface area contributed by atoms with Gasteiger partial charge < -0.3 is 5.32 Å². The normalized spacial score (nSPS) is 21.4. The van der Waals surface area contributed by atoms with Crippen LogP contribution in [-0.4, -0.2) is 27.7 Å². The zero-order valence-electron chi connectivity index (χ0n) is 14.4. The Kier molecular flexibility index (Phi) is 4.70. The van der Waals surface area contributed by atoms with E-state index in [4.69, 9.17) is 0 Å². The maximum Gasteiger partial charge on any atom is 0.289 e. The minimum Gasteiger partial charge on any atom is -0.326 e. The Morgan fingerprint density at radius 3 is 2.44 bits per heavy atom. The Morgan fingerprint density at radius 1 is 1.11 bits per heavy atom. The van der Waals surface area contributed by atoms with Crippen LogP contribution in [0.3, 0.4) is 0 Å². The molecule has 2 aromatic rings. The molecular weight excluding hydrogens is 367 g/mol. The van der Waals surface area contributed by atoms with Gasteiger partial charge in [0.2, 0.25) is 11.8 Å². The predicted molar refractivity (Wildman–Crippen MR) is 101 cm³/mol. The van der Waals surface area contributed by atoms with Crippen molar-refractivity contribution in [2.45, 2.75) is 18.9 Å². The lowest BCUT2D eigenvalue weighted by Gasteiger charge is -2.13. The van der Waals surface area contributed by atoms with Crippen LogP contribution in [0.5, 0.6) is 0 Å². The van der Waals surface area contributed by atoms with E-state index in [9.17, 15) is 18.8 Å². The van der Waals surface area contributed by atoms with Crippen LogP contribution >= 0.6 is 11.8 Å². The van der Waals surface area contributed by atoms with Crippen LogP contribution in [0.15, 0.2) is 48.5 Å². The number of rotatable bonds is 5. The van der Waals surface area contributed by atoms with E-state index in [0.717, 1.165) is 29.3 Å². The number of halogens is 1. The van der Waals surface area contributed by atoms with Crippen molar-refractivity contribution in [1.29, 1.82) is 0 Å². The highest BCUT2D eigenvalue weighted by Crippen LogP contribution is 2.48. The molecule has 2 aromatic carbocycles. The third kappa shape index (κ3) is 3.88. The SMILES string of the molecule is O=C(Nc1ccc(CN2C(=O)CSC2=O)cc1)C1CC1c1ccc(F)cc1. The quantitative estimate of drug-likeness (QED) is 0.852. The van der Waals surface area contributed by atoms with Gasteiger partial charge in [0.15, 0.2) is 0 Å². The van der Waals surface area contributed by atoms with Crippen molar-refractivity contribution in [3.8, 4) is 0 Å². The maximum atomic E-state index is 13.0. The smallest absolute Gasteiger partial charge is 0.289 e. The lowest BCUT2D eigenvalue weighted by Crippen LogP contribution is -2.27. The average molecular weight is 384 g/mol. The molecule has 0 spiro atoms. The van der Waals surface area contributed by atoms with Gasteiger partial charge in [0, 0.05) is 11.6 Å². The van der Waals surface area contributed by atoms with Crippen molar-refractivity contribution in [1.82, 2.24) is 4.90 Å². The summed E-state index contributed by atoms with van der Waals surface area (Å²) in [6.45, 7) is 0.244. The van der Waals surface area contributed by atoms with Crippen LogP contribution in [0, 0.1) is 11.7 Å². The van der Waals surface area contributed by atoms with Gasteiger partial charge in [0.1, 0.15) is 5.82 Å². The number of imide groups is 1. The van der Waals surface area contributed by atoms with Crippen LogP contribution < -0.4 is 5.32 Å². The summed E-state index contributed by atoms with van der Waals surface area (Å²) < 4.78 is 13.0. The molecule has 1 aliphatic heterocycles. The second kappa shape index (κ2) is 7.15. The summed E-state index contributed by atoms with van der Waals surface area (Å²) in [4.78, 5) is 36.9. The van der Waals surface area contributed by atoms with E-state index >= 15 is 0 Å². The molecule has 4 rings (SSSR count). The number of carbonyl (C=O) groups is 3. The number of carbonyl (C=O) groups excluding carboxylic acids is 3. The molecule has 0 bridgehead atoms. The van der Waals surface area contributed by atoms with Gasteiger partial charge in [-0.2, -0.15) is 0 Å². The van der Waals surface area contributed by atoms with Crippen molar-refractivity contribution in [3.05, 3.63) is 65.5 Å². The predicted octanol–water partition coefficient (Wildman–Crippen LogP) is 3.76. The van der Waals surface area contributed by atoms with Gasteiger partial charge in [-0.05, 0) is 47.7 Å². The molecule has 0 aromatic heterocycles. The Labute approximate surface area is 159 Å². The second-order valence-electron chi connectivity index (χ2n) is 6.72. The summed E-state index contributed by atoms with van der Waals surface area (Å²) in [7, 11) is 0. The molecule has 7 heteroatoms. The van der Waals surface area contributed by atoms with Crippen molar-refractivity contribution >= 4 is 34.5 Å². The standard InChI is InChI=1S/C20H17FN2O3S/c21-14-5-3-13(4-6-14)16-9-17(16)19(25)22-15-7-1-12(2-8-15)10-23-18(24)11-27-20(23)26/h1-8,16-17H,9-11H2,(H,22,25). The van der Waals surface area contributed by atoms with E-state index in [2.05, 4.69) is 5.32 Å². The molecule has 1 heterocycles. The van der Waals surface area contributed by atoms with Gasteiger partial charge in [-0.25, -0.2) is 4.39 Å². The summed E-state index contributed by atoms with van der Waals surface area (Å²) in [5.41, 5.74) is 2.47. The summed E-state index contributed by atoms with van der Waals surface area (Å²) >= 11 is 1.01. The molecule has 3 amide bonds. The highest BCUT2D eigenvalue weighted by molar-refractivity contribution is 8.14. The minimum absolute atomic E-state index is 0.0571. The van der Waals surface area contributed by atoms with Gasteiger partial charge in [0.25, 0.3) is 5.24 Å². The number of benzene rings is 2. The fourth-order valence-electron chi connectivity index (χ4n) is 3.21. The first-order valence-electron chi connectivity index (χ1n) is 8.63. The highest BCUT2D eigenvalue weighted by atomic mass is 32.2. The maximum absolute atomic E-state index is 13.0. The molecule has 2 aliphatic rings. The second-order valence-corrected chi connectivity index (χ2v) is 7.65. The first-order valence-corrected chi connectivity index (χ1v) is 9.62. The Hall–Kier alpha value is -2.67. The van der Waals surface area contributed by atoms with Gasteiger partial charge in [0.05, 0.1) is 12.3 Å². The first kappa shape index (κ1) is 17.7. The third-order valence-corrected chi connectivity index (χ3v) is 5.69. The van der Waals surface area contributed by atoms with Crippen molar-refractivity contribution < 1.29 is 18.8 Å². The molecule has 27 heavy (non-hydrogen) atoms. The van der Waals surface area contributed by atoms with E-state index < -0.39 is 0 Å². The van der Waals surface area contributed by atoms with Crippen molar-refractivity contribution in [2.75, 3.05) is 11.1 Å². The fraction of sp³-hybridized carbons (Fsp3) is 0.250. The van der Waals surface area contributed by atoms with Gasteiger partial charge in [-0.1, -0.05) is 36.0 Å². The lowest BCUT2D eigenvalue weighted by atomic mass is 10.1. The van der Waals surface area contributed by atoms with Crippen LogP contribution in [0.1, 0.15) is 23.5 Å². The van der Waals surface area contributed by atoms with Gasteiger partial charge >= 0.3 is 0 Å². The summed E-state index contributed by atoms with van der Waals surface area (Å²) in [6, 6.07) is 13.4. The third-order valence-electron chi connectivity index (χ3n) is 4.83. The summed E-state index contributed by atoms with van der Waals surface area (Å²) in [5.74, 6) is -0.289. The zero-order valence-corrected chi connectivity index (χ0v) is 15.2. The molecule has 2 atom stereocenters. The minimum atomic E-state index is -0.281. The van der Waals surface area contributed by atoms with Crippen LogP contribution in [0.2, 0.25) is 0 Å². The number of thioether (sulfide) groups is 1. The number of hydrogen-bond acceptors (Lipinski definition) is 4. The van der Waals surface area contributed by atoms with Crippen molar-refractivity contribution in [2.24, 2.45) is 5.92 Å². The molecule has 2 unspecified atom stereocenters. The monoisotopic (exact) mass is 384 g/mol. The molecule has 5 nitrogen and oxygen atoms in total. The molecule has 2 fully saturated rings. The molecule has 1 saturated heterocycles. The van der Waals surface area contributed by atoms with Crippen LogP contribution in [0.4, 0.5) is 14.9 Å². The van der Waals surface area contributed by atoms with E-state index in [1.165, 1.54) is 17.0 Å². The highest BCUT2D eigenvalue weighted by Gasteiger charge is 2.43. The van der Waals surface area contributed by atoms with E-state index in [1.807, 2.05) is 0 Å². The molecule has 1 saturated carbocycles. The molecule has 0 radical (unpaired) electrons. The van der Waals surface area contributed by atoms with Gasteiger partial charge in [-0.3, -0.25) is 19.3 Å². The van der Waals surface area contributed by atoms with E-state index in [1.54, 1.807) is 36.4 Å². The van der Waals surface area contributed by atoms with E-state index in [0.29, 0.717) is 5.69 Å². The Bertz CT molecular complexity index is 882. The molecular formula is C20H17FN2O3S. The number of nitrogens with zero attached hydrogens (tertiary/aromatic N) is 1. The number of amides is 3. The molecule has 1 aliphatic carbocycles.